The molecule has 1 heterocycles. The van der Waals surface area contributed by atoms with E-state index in [1.54, 1.807) is 18.2 Å². The highest BCUT2D eigenvalue weighted by atomic mass is 35.5. The quantitative estimate of drug-likeness (QED) is 0.839. The third kappa shape index (κ3) is 4.08. The van der Waals surface area contributed by atoms with Gasteiger partial charge in [-0.25, -0.2) is 0 Å². The number of amides is 2. The molecule has 0 spiro atoms. The molecule has 0 atom stereocenters. The van der Waals surface area contributed by atoms with Crippen molar-refractivity contribution in [3.05, 3.63) is 46.5 Å². The molecule has 0 fully saturated rings. The van der Waals surface area contributed by atoms with Crippen LogP contribution >= 0.6 is 11.6 Å². The Balaban J connectivity index is 1.64. The molecule has 2 amide bonds. The average molecular weight is 375 g/mol. The lowest BCUT2D eigenvalue weighted by Crippen LogP contribution is -2.25. The number of rotatable bonds is 5. The molecule has 0 radical (unpaired) electrons. The van der Waals surface area contributed by atoms with Crippen LogP contribution in [0.2, 0.25) is 5.02 Å². The zero-order valence-electron chi connectivity index (χ0n) is 14.5. The number of nitrogens with one attached hydrogen (secondary N) is 2. The van der Waals surface area contributed by atoms with E-state index in [4.69, 9.17) is 21.1 Å². The summed E-state index contributed by atoms with van der Waals surface area (Å²) in [5.74, 6) is 0.836. The molecular formula is C19H19ClN2O4. The van der Waals surface area contributed by atoms with Gasteiger partial charge in [-0.2, -0.15) is 0 Å². The van der Waals surface area contributed by atoms with Gasteiger partial charge in [-0.15, -0.1) is 0 Å². The van der Waals surface area contributed by atoms with Crippen molar-refractivity contribution < 1.29 is 19.1 Å². The van der Waals surface area contributed by atoms with Crippen molar-refractivity contribution in [1.82, 2.24) is 0 Å². The van der Waals surface area contributed by atoms with Crippen LogP contribution in [0, 0.1) is 6.92 Å². The topological polar surface area (TPSA) is 76.7 Å². The molecule has 0 aliphatic carbocycles. The van der Waals surface area contributed by atoms with Crippen molar-refractivity contribution in [2.45, 2.75) is 19.8 Å². The number of benzene rings is 2. The Bertz CT molecular complexity index is 867. The molecule has 0 saturated heterocycles. The number of ether oxygens (including phenoxy) is 2. The van der Waals surface area contributed by atoms with E-state index in [0.29, 0.717) is 40.7 Å². The smallest absolute Gasteiger partial charge is 0.262 e. The fraction of sp³-hybridized carbons (Fsp3) is 0.263. The van der Waals surface area contributed by atoms with Gasteiger partial charge in [0.2, 0.25) is 5.91 Å². The molecular weight excluding hydrogens is 356 g/mol. The SMILES string of the molecule is COc1cc(Cl)c(C)cc1NC(=O)CCc1ccc2c(c1)NC(=O)CO2. The molecule has 3 rings (SSSR count). The normalized spacial score (nSPS) is 12.7. The predicted octanol–water partition coefficient (Wildman–Crippen LogP) is 3.56. The van der Waals surface area contributed by atoms with Gasteiger partial charge in [-0.05, 0) is 42.7 Å². The van der Waals surface area contributed by atoms with Crippen LogP contribution in [0.4, 0.5) is 11.4 Å². The van der Waals surface area contributed by atoms with Crippen LogP contribution in [0.15, 0.2) is 30.3 Å². The Kier molecular flexibility index (Phi) is 5.32. The summed E-state index contributed by atoms with van der Waals surface area (Å²) in [5.41, 5.74) is 3.01. The second-order valence-corrected chi connectivity index (χ2v) is 6.42. The monoisotopic (exact) mass is 374 g/mol. The fourth-order valence-electron chi connectivity index (χ4n) is 2.69. The number of hydrogen-bond donors (Lipinski definition) is 2. The molecule has 6 nitrogen and oxygen atoms in total. The Morgan fingerprint density at radius 2 is 2.15 bits per heavy atom. The first-order chi connectivity index (χ1) is 12.5. The largest absolute Gasteiger partial charge is 0.495 e. The van der Waals surface area contributed by atoms with Crippen molar-refractivity contribution in [2.75, 3.05) is 24.4 Å². The molecule has 2 N–H and O–H groups in total. The highest BCUT2D eigenvalue weighted by molar-refractivity contribution is 6.31. The van der Waals surface area contributed by atoms with Crippen molar-refractivity contribution in [1.29, 1.82) is 0 Å². The van der Waals surface area contributed by atoms with Crippen molar-refractivity contribution in [3.63, 3.8) is 0 Å². The summed E-state index contributed by atoms with van der Waals surface area (Å²) >= 11 is 6.08. The lowest BCUT2D eigenvalue weighted by molar-refractivity contribution is -0.118. The van der Waals surface area contributed by atoms with E-state index in [1.807, 2.05) is 19.1 Å². The average Bonchev–Trinajstić information content (AvgIpc) is 2.62. The van der Waals surface area contributed by atoms with Gasteiger partial charge in [0.25, 0.3) is 5.91 Å². The lowest BCUT2D eigenvalue weighted by Gasteiger charge is -2.18. The van der Waals surface area contributed by atoms with Crippen molar-refractivity contribution in [3.8, 4) is 11.5 Å². The summed E-state index contributed by atoms with van der Waals surface area (Å²) in [6, 6.07) is 8.97. The van der Waals surface area contributed by atoms with Crippen LogP contribution in [-0.2, 0) is 16.0 Å². The third-order valence-corrected chi connectivity index (χ3v) is 4.48. The third-order valence-electron chi connectivity index (χ3n) is 4.07. The van der Waals surface area contributed by atoms with E-state index in [2.05, 4.69) is 10.6 Å². The molecule has 2 aromatic carbocycles. The van der Waals surface area contributed by atoms with Crippen LogP contribution < -0.4 is 20.1 Å². The molecule has 2 aromatic rings. The minimum atomic E-state index is -0.183. The fourth-order valence-corrected chi connectivity index (χ4v) is 2.84. The zero-order valence-corrected chi connectivity index (χ0v) is 15.3. The summed E-state index contributed by atoms with van der Waals surface area (Å²) in [4.78, 5) is 23.7. The predicted molar refractivity (Wildman–Crippen MR) is 100 cm³/mol. The molecule has 26 heavy (non-hydrogen) atoms. The van der Waals surface area contributed by atoms with E-state index in [1.165, 1.54) is 7.11 Å². The number of aryl methyl sites for hydroxylation is 2. The summed E-state index contributed by atoms with van der Waals surface area (Å²) < 4.78 is 10.6. The van der Waals surface area contributed by atoms with Gasteiger partial charge < -0.3 is 20.1 Å². The van der Waals surface area contributed by atoms with E-state index in [9.17, 15) is 9.59 Å². The van der Waals surface area contributed by atoms with Crippen LogP contribution in [0.3, 0.4) is 0 Å². The minimum Gasteiger partial charge on any atom is -0.495 e. The summed E-state index contributed by atoms with van der Waals surface area (Å²) in [6.07, 6.45) is 0.822. The Labute approximate surface area is 156 Å². The lowest BCUT2D eigenvalue weighted by atomic mass is 10.1. The second kappa shape index (κ2) is 7.66. The van der Waals surface area contributed by atoms with Crippen LogP contribution in [0.25, 0.3) is 0 Å². The molecule has 1 aliphatic rings. The molecule has 0 aromatic heterocycles. The first-order valence-corrected chi connectivity index (χ1v) is 8.53. The van der Waals surface area contributed by atoms with Gasteiger partial charge in [0.15, 0.2) is 6.61 Å². The number of hydrogen-bond acceptors (Lipinski definition) is 4. The van der Waals surface area contributed by atoms with Crippen molar-refractivity contribution >= 4 is 34.8 Å². The molecule has 136 valence electrons. The number of carbonyl (C=O) groups is 2. The van der Waals surface area contributed by atoms with Crippen LogP contribution in [0.5, 0.6) is 11.5 Å². The molecule has 7 heteroatoms. The maximum Gasteiger partial charge on any atom is 0.262 e. The van der Waals surface area contributed by atoms with E-state index in [0.717, 1.165) is 11.1 Å². The minimum absolute atomic E-state index is 0.0249. The maximum atomic E-state index is 12.3. The number of methoxy groups -OCH3 is 1. The van der Waals surface area contributed by atoms with Gasteiger partial charge in [-0.3, -0.25) is 9.59 Å². The van der Waals surface area contributed by atoms with E-state index in [-0.39, 0.29) is 18.4 Å². The Morgan fingerprint density at radius 1 is 1.35 bits per heavy atom. The van der Waals surface area contributed by atoms with Crippen LogP contribution in [0.1, 0.15) is 17.5 Å². The van der Waals surface area contributed by atoms with E-state index < -0.39 is 0 Å². The first-order valence-electron chi connectivity index (χ1n) is 8.16. The molecule has 1 aliphatic heterocycles. The van der Waals surface area contributed by atoms with Gasteiger partial charge in [0, 0.05) is 17.5 Å². The van der Waals surface area contributed by atoms with Crippen molar-refractivity contribution in [2.24, 2.45) is 0 Å². The number of halogens is 1. The summed E-state index contributed by atoms with van der Waals surface area (Å²) in [5, 5.41) is 6.19. The van der Waals surface area contributed by atoms with Crippen LogP contribution in [-0.4, -0.2) is 25.5 Å². The Morgan fingerprint density at radius 3 is 2.92 bits per heavy atom. The van der Waals surface area contributed by atoms with Gasteiger partial charge in [-0.1, -0.05) is 17.7 Å². The maximum absolute atomic E-state index is 12.3. The number of carbonyl (C=O) groups excluding carboxylic acids is 2. The summed E-state index contributed by atoms with van der Waals surface area (Å²) in [7, 11) is 1.53. The highest BCUT2D eigenvalue weighted by Crippen LogP contribution is 2.31. The highest BCUT2D eigenvalue weighted by Gasteiger charge is 2.16. The van der Waals surface area contributed by atoms with Gasteiger partial charge in [0.1, 0.15) is 11.5 Å². The number of fused-ring (bicyclic) bond motifs is 1. The Hall–Kier alpha value is -2.73. The molecule has 0 saturated carbocycles. The standard InChI is InChI=1S/C19H19ClN2O4/c1-11-7-14(17(25-2)9-13(11)20)21-18(23)6-4-12-3-5-16-15(8-12)22-19(24)10-26-16/h3,5,7-9H,4,6,10H2,1-2H3,(H,21,23)(H,22,24). The molecule has 0 bridgehead atoms. The zero-order chi connectivity index (χ0) is 18.7. The van der Waals surface area contributed by atoms with E-state index >= 15 is 0 Å². The second-order valence-electron chi connectivity index (χ2n) is 6.02. The molecule has 0 unspecified atom stereocenters. The summed E-state index contributed by atoms with van der Waals surface area (Å²) in [6.45, 7) is 1.89. The van der Waals surface area contributed by atoms with Gasteiger partial charge in [0.05, 0.1) is 18.5 Å². The first kappa shape index (κ1) is 18.1. The van der Waals surface area contributed by atoms with Gasteiger partial charge >= 0.3 is 0 Å². The number of anilines is 2.